The molecule has 2 heterocycles. The average Bonchev–Trinajstić information content (AvgIpc) is 2.98. The number of aryl methyl sites for hydroxylation is 1. The van der Waals surface area contributed by atoms with Crippen LogP contribution in [0.25, 0.3) is 11.4 Å². The molecule has 1 fully saturated rings. The molecule has 8 heteroatoms. The van der Waals surface area contributed by atoms with Crippen molar-refractivity contribution < 1.29 is 9.45 Å². The molecular formula is C13H14N4O3S. The molecule has 1 N–H and O–H groups in total. The molecule has 1 aliphatic heterocycles. The Balaban J connectivity index is 1.92. The fourth-order valence-corrected chi connectivity index (χ4v) is 3.10. The maximum absolute atomic E-state index is 10.9. The zero-order valence-electron chi connectivity index (χ0n) is 11.4. The second kappa shape index (κ2) is 5.82. The van der Waals surface area contributed by atoms with Crippen LogP contribution in [0.2, 0.25) is 0 Å². The van der Waals surface area contributed by atoms with E-state index in [-0.39, 0.29) is 11.7 Å². The highest BCUT2D eigenvalue weighted by atomic mass is 32.2. The standard InChI is InChI=1S/C13H14N4O3S/c1-8-2-3-9(17(18)19)6-10(8)12-15-13(20-16-12)11-7-21-5-4-14-11/h2-3,6,11,14H,4-5,7H2,1H3. The minimum Gasteiger partial charge on any atom is -0.337 e. The van der Waals surface area contributed by atoms with E-state index in [1.54, 1.807) is 6.07 Å². The number of nitro benzene ring substituents is 1. The topological polar surface area (TPSA) is 94.1 Å². The molecule has 0 aliphatic carbocycles. The normalized spacial score (nSPS) is 18.6. The molecule has 2 aromatic rings. The summed E-state index contributed by atoms with van der Waals surface area (Å²) >= 11 is 1.83. The minimum atomic E-state index is -0.427. The molecule has 0 saturated carbocycles. The lowest BCUT2D eigenvalue weighted by atomic mass is 10.1. The zero-order chi connectivity index (χ0) is 14.8. The van der Waals surface area contributed by atoms with Crippen LogP contribution >= 0.6 is 11.8 Å². The Bertz CT molecular complexity index is 667. The molecular weight excluding hydrogens is 292 g/mol. The van der Waals surface area contributed by atoms with E-state index in [4.69, 9.17) is 4.52 Å². The molecule has 21 heavy (non-hydrogen) atoms. The molecule has 1 atom stereocenters. The van der Waals surface area contributed by atoms with Gasteiger partial charge in [0, 0.05) is 35.7 Å². The van der Waals surface area contributed by atoms with Crippen molar-refractivity contribution in [2.45, 2.75) is 13.0 Å². The number of hydrogen-bond donors (Lipinski definition) is 1. The van der Waals surface area contributed by atoms with Crippen LogP contribution in [0.3, 0.4) is 0 Å². The van der Waals surface area contributed by atoms with Gasteiger partial charge >= 0.3 is 0 Å². The smallest absolute Gasteiger partial charge is 0.270 e. The highest BCUT2D eigenvalue weighted by Crippen LogP contribution is 2.27. The number of aromatic nitrogens is 2. The molecule has 110 valence electrons. The summed E-state index contributed by atoms with van der Waals surface area (Å²) in [6.07, 6.45) is 0. The molecule has 1 aromatic heterocycles. The van der Waals surface area contributed by atoms with Gasteiger partial charge in [0.05, 0.1) is 11.0 Å². The van der Waals surface area contributed by atoms with Crippen molar-refractivity contribution in [2.75, 3.05) is 18.1 Å². The Morgan fingerprint density at radius 1 is 1.52 bits per heavy atom. The third-order valence-electron chi connectivity index (χ3n) is 3.33. The number of rotatable bonds is 3. The van der Waals surface area contributed by atoms with Crippen LogP contribution in [-0.4, -0.2) is 33.1 Å². The van der Waals surface area contributed by atoms with Gasteiger partial charge in [-0.1, -0.05) is 11.2 Å². The summed E-state index contributed by atoms with van der Waals surface area (Å²) in [5, 5.41) is 18.2. The van der Waals surface area contributed by atoms with Crippen LogP contribution in [0.4, 0.5) is 5.69 Å². The van der Waals surface area contributed by atoms with Crippen molar-refractivity contribution >= 4 is 17.4 Å². The molecule has 1 saturated heterocycles. The molecule has 3 rings (SSSR count). The van der Waals surface area contributed by atoms with Crippen molar-refractivity contribution in [1.82, 2.24) is 15.5 Å². The van der Waals surface area contributed by atoms with Crippen LogP contribution in [0.1, 0.15) is 17.5 Å². The van der Waals surface area contributed by atoms with Crippen LogP contribution in [0, 0.1) is 17.0 Å². The van der Waals surface area contributed by atoms with E-state index in [0.717, 1.165) is 23.6 Å². The van der Waals surface area contributed by atoms with Gasteiger partial charge in [0.15, 0.2) is 0 Å². The van der Waals surface area contributed by atoms with Gasteiger partial charge in [-0.05, 0) is 12.5 Å². The SMILES string of the molecule is Cc1ccc([N+](=O)[O-])cc1-c1noc(C2CSCCN2)n1. The molecule has 0 spiro atoms. The largest absolute Gasteiger partial charge is 0.337 e. The molecule has 1 aromatic carbocycles. The number of benzene rings is 1. The van der Waals surface area contributed by atoms with Crippen LogP contribution in [0.5, 0.6) is 0 Å². The Kier molecular flexibility index (Phi) is 3.89. The number of nitrogens with zero attached hydrogens (tertiary/aromatic N) is 3. The predicted octanol–water partition coefficient (Wildman–Crippen LogP) is 2.33. The van der Waals surface area contributed by atoms with E-state index in [9.17, 15) is 10.1 Å². The zero-order valence-corrected chi connectivity index (χ0v) is 12.2. The third kappa shape index (κ3) is 2.91. The van der Waals surface area contributed by atoms with Gasteiger partial charge in [0.25, 0.3) is 5.69 Å². The summed E-state index contributed by atoms with van der Waals surface area (Å²) in [5.41, 5.74) is 1.52. The fourth-order valence-electron chi connectivity index (χ4n) is 2.17. The van der Waals surface area contributed by atoms with E-state index in [2.05, 4.69) is 15.5 Å². The lowest BCUT2D eigenvalue weighted by molar-refractivity contribution is -0.384. The minimum absolute atomic E-state index is 0.0216. The highest BCUT2D eigenvalue weighted by Gasteiger charge is 2.22. The molecule has 7 nitrogen and oxygen atoms in total. The lowest BCUT2D eigenvalue weighted by Crippen LogP contribution is -2.30. The molecule has 0 radical (unpaired) electrons. The monoisotopic (exact) mass is 306 g/mol. The van der Waals surface area contributed by atoms with Gasteiger partial charge in [0.1, 0.15) is 0 Å². The first-order valence-corrected chi connectivity index (χ1v) is 7.71. The molecule has 0 amide bonds. The van der Waals surface area contributed by atoms with Crippen molar-refractivity contribution in [2.24, 2.45) is 0 Å². The summed E-state index contributed by atoms with van der Waals surface area (Å²) < 4.78 is 5.31. The van der Waals surface area contributed by atoms with E-state index in [1.165, 1.54) is 12.1 Å². The average molecular weight is 306 g/mol. The number of nitro groups is 1. The van der Waals surface area contributed by atoms with E-state index in [1.807, 2.05) is 18.7 Å². The van der Waals surface area contributed by atoms with E-state index < -0.39 is 4.92 Å². The number of non-ortho nitro benzene ring substituents is 1. The van der Waals surface area contributed by atoms with Gasteiger partial charge in [-0.3, -0.25) is 10.1 Å². The lowest BCUT2D eigenvalue weighted by Gasteiger charge is -2.19. The summed E-state index contributed by atoms with van der Waals surface area (Å²) in [4.78, 5) is 14.8. The number of hydrogen-bond acceptors (Lipinski definition) is 7. The quantitative estimate of drug-likeness (QED) is 0.687. The summed E-state index contributed by atoms with van der Waals surface area (Å²) in [7, 11) is 0. The first-order chi connectivity index (χ1) is 10.1. The van der Waals surface area contributed by atoms with Gasteiger partial charge in [-0.2, -0.15) is 16.7 Å². The fraction of sp³-hybridized carbons (Fsp3) is 0.385. The maximum atomic E-state index is 10.9. The molecule has 1 unspecified atom stereocenters. The predicted molar refractivity (Wildman–Crippen MR) is 79.2 cm³/mol. The second-order valence-corrected chi connectivity index (χ2v) is 5.94. The molecule has 1 aliphatic rings. The van der Waals surface area contributed by atoms with Crippen LogP contribution < -0.4 is 5.32 Å². The summed E-state index contributed by atoms with van der Waals surface area (Å²) in [6, 6.07) is 4.69. The summed E-state index contributed by atoms with van der Waals surface area (Å²) in [5.74, 6) is 2.88. The van der Waals surface area contributed by atoms with Crippen molar-refractivity contribution in [3.8, 4) is 11.4 Å². The van der Waals surface area contributed by atoms with E-state index >= 15 is 0 Å². The number of thioether (sulfide) groups is 1. The second-order valence-electron chi connectivity index (χ2n) is 4.79. The van der Waals surface area contributed by atoms with Crippen molar-refractivity contribution in [3.63, 3.8) is 0 Å². The Hall–Kier alpha value is -1.93. The first-order valence-electron chi connectivity index (χ1n) is 6.55. The third-order valence-corrected chi connectivity index (χ3v) is 4.40. The van der Waals surface area contributed by atoms with Gasteiger partial charge < -0.3 is 9.84 Å². The Morgan fingerprint density at radius 3 is 3.10 bits per heavy atom. The van der Waals surface area contributed by atoms with Gasteiger partial charge in [-0.15, -0.1) is 0 Å². The first kappa shape index (κ1) is 14.0. The highest BCUT2D eigenvalue weighted by molar-refractivity contribution is 7.99. The Morgan fingerprint density at radius 2 is 2.38 bits per heavy atom. The Labute approximate surface area is 125 Å². The maximum Gasteiger partial charge on any atom is 0.270 e. The summed E-state index contributed by atoms with van der Waals surface area (Å²) in [6.45, 7) is 2.77. The van der Waals surface area contributed by atoms with Crippen molar-refractivity contribution in [3.05, 3.63) is 39.8 Å². The van der Waals surface area contributed by atoms with Gasteiger partial charge in [-0.25, -0.2) is 0 Å². The van der Waals surface area contributed by atoms with Crippen molar-refractivity contribution in [1.29, 1.82) is 0 Å². The van der Waals surface area contributed by atoms with Crippen LogP contribution in [0.15, 0.2) is 22.7 Å². The van der Waals surface area contributed by atoms with E-state index in [0.29, 0.717) is 17.3 Å². The molecule has 0 bridgehead atoms. The van der Waals surface area contributed by atoms with Gasteiger partial charge in [0.2, 0.25) is 11.7 Å². The number of nitrogens with one attached hydrogen (secondary N) is 1. The van der Waals surface area contributed by atoms with Crippen LogP contribution in [-0.2, 0) is 0 Å².